The monoisotopic (exact) mass is 483 g/mol. The Bertz CT molecular complexity index is 1000. The molecular formula is C26H30BrNO3. The van der Waals surface area contributed by atoms with Gasteiger partial charge in [0.2, 0.25) is 0 Å². The molecule has 0 saturated heterocycles. The van der Waals surface area contributed by atoms with Crippen molar-refractivity contribution in [3.63, 3.8) is 0 Å². The molecule has 3 rings (SSSR count). The fourth-order valence-electron chi connectivity index (χ4n) is 4.65. The largest absolute Gasteiger partial charge is 0.389 e. The number of benzene rings is 2. The molecule has 0 spiro atoms. The van der Waals surface area contributed by atoms with Gasteiger partial charge >= 0.3 is 0 Å². The molecule has 0 radical (unpaired) electrons. The van der Waals surface area contributed by atoms with Crippen molar-refractivity contribution in [2.75, 3.05) is 5.32 Å². The first kappa shape index (κ1) is 23.4. The summed E-state index contributed by atoms with van der Waals surface area (Å²) in [6.45, 7) is 8.97. The molecule has 0 aromatic heterocycles. The van der Waals surface area contributed by atoms with E-state index in [0.29, 0.717) is 17.2 Å². The van der Waals surface area contributed by atoms with E-state index in [0.717, 1.165) is 15.7 Å². The van der Waals surface area contributed by atoms with E-state index in [4.69, 9.17) is 0 Å². The third-order valence-corrected chi connectivity index (χ3v) is 6.62. The van der Waals surface area contributed by atoms with Gasteiger partial charge in [-0.05, 0) is 62.1 Å². The minimum atomic E-state index is -1.29. The zero-order valence-electron chi connectivity index (χ0n) is 18.7. The minimum absolute atomic E-state index is 0.0979. The minimum Gasteiger partial charge on any atom is -0.389 e. The first-order valence-electron chi connectivity index (χ1n) is 10.6. The second-order valence-electron chi connectivity index (χ2n) is 9.00. The molecule has 1 aliphatic rings. The molecule has 0 heterocycles. The van der Waals surface area contributed by atoms with Crippen LogP contribution < -0.4 is 5.32 Å². The highest BCUT2D eigenvalue weighted by Gasteiger charge is 2.49. The van der Waals surface area contributed by atoms with Crippen molar-refractivity contribution in [3.05, 3.63) is 75.4 Å². The Balaban J connectivity index is 2.18. The Kier molecular flexibility index (Phi) is 6.87. The van der Waals surface area contributed by atoms with Crippen LogP contribution in [0.3, 0.4) is 0 Å². The lowest BCUT2D eigenvalue weighted by molar-refractivity contribution is -0.131. The van der Waals surface area contributed by atoms with E-state index in [2.05, 4.69) is 35.1 Å². The number of Topliss-reactive ketones (excluding diaryl/α,β-unsaturated/α-hetero) is 2. The second-order valence-corrected chi connectivity index (χ2v) is 9.92. The van der Waals surface area contributed by atoms with E-state index < -0.39 is 17.4 Å². The summed E-state index contributed by atoms with van der Waals surface area (Å²) in [6.07, 6.45) is 0.197. The summed E-state index contributed by atoms with van der Waals surface area (Å²) in [5, 5.41) is 14.7. The Morgan fingerprint density at radius 1 is 1.06 bits per heavy atom. The van der Waals surface area contributed by atoms with E-state index in [1.807, 2.05) is 48.5 Å². The summed E-state index contributed by atoms with van der Waals surface area (Å²) in [5.74, 6) is -1.06. The number of hydrogen-bond donors (Lipinski definition) is 2. The summed E-state index contributed by atoms with van der Waals surface area (Å²) >= 11 is 3.43. The molecule has 2 aromatic carbocycles. The van der Waals surface area contributed by atoms with Gasteiger partial charge in [0.1, 0.15) is 5.78 Å². The van der Waals surface area contributed by atoms with Gasteiger partial charge in [0, 0.05) is 33.8 Å². The van der Waals surface area contributed by atoms with Crippen molar-refractivity contribution in [1.82, 2.24) is 0 Å². The maximum Gasteiger partial charge on any atom is 0.158 e. The number of ketones is 2. The quantitative estimate of drug-likeness (QED) is 0.530. The Morgan fingerprint density at radius 3 is 2.13 bits per heavy atom. The number of nitrogens with one attached hydrogen (secondary N) is 1. The second kappa shape index (κ2) is 9.09. The van der Waals surface area contributed by atoms with Crippen LogP contribution in [0.4, 0.5) is 5.69 Å². The highest BCUT2D eigenvalue weighted by molar-refractivity contribution is 9.10. The van der Waals surface area contributed by atoms with Crippen molar-refractivity contribution in [2.45, 2.75) is 58.5 Å². The molecule has 0 unspecified atom stereocenters. The van der Waals surface area contributed by atoms with Gasteiger partial charge in [-0.25, -0.2) is 0 Å². The number of rotatable bonds is 6. The van der Waals surface area contributed by atoms with Gasteiger partial charge in [-0.3, -0.25) is 9.59 Å². The molecule has 1 aliphatic carbocycles. The summed E-state index contributed by atoms with van der Waals surface area (Å²) in [7, 11) is 0. The fraction of sp³-hybridized carbons (Fsp3) is 0.385. The van der Waals surface area contributed by atoms with Crippen LogP contribution in [0.25, 0.3) is 0 Å². The third kappa shape index (κ3) is 4.99. The topological polar surface area (TPSA) is 66.4 Å². The number of hydrogen-bond acceptors (Lipinski definition) is 4. The van der Waals surface area contributed by atoms with Crippen LogP contribution in [0.1, 0.15) is 64.0 Å². The Labute approximate surface area is 192 Å². The van der Waals surface area contributed by atoms with Crippen LogP contribution in [0.15, 0.2) is 64.3 Å². The molecular weight excluding hydrogens is 454 g/mol. The molecule has 31 heavy (non-hydrogen) atoms. The predicted molar refractivity (Wildman–Crippen MR) is 128 cm³/mol. The molecule has 2 N–H and O–H groups in total. The SMILES string of the molecule is CC(=O)C1=C(Nc2ccc(Br)cc2)C[C@](C)(O)[C@H](C(C)=O)[C@@H]1c1ccc(C(C)C)cc1. The molecule has 0 saturated carbocycles. The number of carbonyl (C=O) groups is 2. The van der Waals surface area contributed by atoms with Crippen LogP contribution in [0.2, 0.25) is 0 Å². The van der Waals surface area contributed by atoms with Crippen molar-refractivity contribution in [2.24, 2.45) is 5.92 Å². The smallest absolute Gasteiger partial charge is 0.158 e. The Morgan fingerprint density at radius 2 is 1.65 bits per heavy atom. The van der Waals surface area contributed by atoms with Crippen LogP contribution in [0, 0.1) is 5.92 Å². The summed E-state index contributed by atoms with van der Waals surface area (Å²) in [6, 6.07) is 15.7. The van der Waals surface area contributed by atoms with Crippen LogP contribution in [-0.4, -0.2) is 22.3 Å². The molecule has 0 fully saturated rings. The van der Waals surface area contributed by atoms with E-state index in [1.54, 1.807) is 6.92 Å². The van der Waals surface area contributed by atoms with Gasteiger partial charge < -0.3 is 10.4 Å². The normalized spacial score (nSPS) is 23.7. The lowest BCUT2D eigenvalue weighted by Crippen LogP contribution is -2.48. The number of carbonyl (C=O) groups excluding carboxylic acids is 2. The van der Waals surface area contributed by atoms with E-state index >= 15 is 0 Å². The maximum absolute atomic E-state index is 12.9. The third-order valence-electron chi connectivity index (χ3n) is 6.09. The van der Waals surface area contributed by atoms with E-state index in [9.17, 15) is 14.7 Å². The predicted octanol–water partition coefficient (Wildman–Crippen LogP) is 5.97. The molecule has 0 bridgehead atoms. The summed E-state index contributed by atoms with van der Waals surface area (Å²) < 4.78 is 0.953. The summed E-state index contributed by atoms with van der Waals surface area (Å²) in [5.41, 5.74) is 2.81. The molecule has 3 atom stereocenters. The van der Waals surface area contributed by atoms with Gasteiger partial charge in [-0.2, -0.15) is 0 Å². The summed E-state index contributed by atoms with van der Waals surface area (Å²) in [4.78, 5) is 25.6. The molecule has 164 valence electrons. The van der Waals surface area contributed by atoms with Crippen LogP contribution in [-0.2, 0) is 9.59 Å². The molecule has 0 aliphatic heterocycles. The maximum atomic E-state index is 12.9. The van der Waals surface area contributed by atoms with Gasteiger partial charge in [-0.15, -0.1) is 0 Å². The zero-order valence-corrected chi connectivity index (χ0v) is 20.3. The molecule has 2 aromatic rings. The van der Waals surface area contributed by atoms with Crippen molar-refractivity contribution < 1.29 is 14.7 Å². The Hall–Kier alpha value is -2.24. The van der Waals surface area contributed by atoms with Crippen molar-refractivity contribution in [1.29, 1.82) is 0 Å². The fourth-order valence-corrected chi connectivity index (χ4v) is 4.91. The van der Waals surface area contributed by atoms with Gasteiger partial charge in [-0.1, -0.05) is 54.0 Å². The van der Waals surface area contributed by atoms with Gasteiger partial charge in [0.05, 0.1) is 11.5 Å². The van der Waals surface area contributed by atoms with E-state index in [1.165, 1.54) is 19.4 Å². The highest BCUT2D eigenvalue weighted by Crippen LogP contribution is 2.48. The molecule has 5 heteroatoms. The van der Waals surface area contributed by atoms with Crippen LogP contribution in [0.5, 0.6) is 0 Å². The average Bonchev–Trinajstić information content (AvgIpc) is 2.68. The highest BCUT2D eigenvalue weighted by atomic mass is 79.9. The first-order valence-corrected chi connectivity index (χ1v) is 11.4. The lowest BCUT2D eigenvalue weighted by Gasteiger charge is -2.43. The van der Waals surface area contributed by atoms with Crippen LogP contribution >= 0.6 is 15.9 Å². The average molecular weight is 484 g/mol. The lowest BCUT2D eigenvalue weighted by atomic mass is 9.63. The van der Waals surface area contributed by atoms with Gasteiger partial charge in [0.25, 0.3) is 0 Å². The number of aliphatic hydroxyl groups is 1. The first-order chi connectivity index (χ1) is 14.5. The number of halogens is 1. The van der Waals surface area contributed by atoms with Crippen molar-refractivity contribution in [3.8, 4) is 0 Å². The standard InChI is InChI=1S/C26H30BrNO3/c1-15(2)18-6-8-19(9-7-18)24-23(16(3)29)22(14-26(5,31)25(24)17(4)30)28-21-12-10-20(27)11-13-21/h6-13,15,24-25,28,31H,14H2,1-5H3/t24-,25-,26+/m1/s1. The number of anilines is 1. The molecule has 0 amide bonds. The number of allylic oxidation sites excluding steroid dienone is 1. The zero-order chi connectivity index (χ0) is 22.9. The van der Waals surface area contributed by atoms with E-state index in [-0.39, 0.29) is 18.0 Å². The van der Waals surface area contributed by atoms with Crippen molar-refractivity contribution >= 4 is 33.2 Å². The molecule has 4 nitrogen and oxygen atoms in total. The van der Waals surface area contributed by atoms with Gasteiger partial charge in [0.15, 0.2) is 5.78 Å².